The van der Waals surface area contributed by atoms with Gasteiger partial charge in [0.05, 0.1) is 31.6 Å². The Morgan fingerprint density at radius 3 is 2.65 bits per heavy atom. The number of ether oxygens (including phenoxy) is 3. The average Bonchev–Trinajstić information content (AvgIpc) is 3.34. The van der Waals surface area contributed by atoms with Gasteiger partial charge in [-0.1, -0.05) is 50.7 Å². The third-order valence-corrected chi connectivity index (χ3v) is 7.45. The standard InChI is InChI=1S/C30H39N5O4S/c1-7-17-40-30-33-29-31-20(5)26(28(36)32-22-11-9-10-12-23(22)38-8-2)27(35(29)34-30)21-13-14-24(25(18-21)37-6)39-16-15-19(3)4/h9-14,18-19,27H,7-8,15-17H2,1-6H3,(H,32,36)(H,31,33,34). The minimum Gasteiger partial charge on any atom is -0.493 e. The van der Waals surface area contributed by atoms with Gasteiger partial charge in [0.2, 0.25) is 11.1 Å². The van der Waals surface area contributed by atoms with Gasteiger partial charge in [0.15, 0.2) is 11.5 Å². The average molecular weight is 566 g/mol. The SMILES string of the molecule is CCCSc1nc2n(n1)C(c1ccc(OCCC(C)C)c(OC)c1)C(C(=O)Nc1ccccc1OCC)=C(C)N2. The molecule has 9 nitrogen and oxygen atoms in total. The highest BCUT2D eigenvalue weighted by Crippen LogP contribution is 2.40. The van der Waals surface area contributed by atoms with Crippen molar-refractivity contribution in [1.82, 2.24) is 14.8 Å². The highest BCUT2D eigenvalue weighted by molar-refractivity contribution is 7.99. The van der Waals surface area contributed by atoms with E-state index >= 15 is 0 Å². The minimum atomic E-state index is -0.544. The Hall–Kier alpha value is -3.66. The first-order valence-electron chi connectivity index (χ1n) is 13.8. The van der Waals surface area contributed by atoms with Gasteiger partial charge in [-0.3, -0.25) is 4.79 Å². The second kappa shape index (κ2) is 13.6. The summed E-state index contributed by atoms with van der Waals surface area (Å²) in [6.07, 6.45) is 1.94. The predicted molar refractivity (Wildman–Crippen MR) is 160 cm³/mol. The van der Waals surface area contributed by atoms with Crippen LogP contribution in [0.25, 0.3) is 0 Å². The minimum absolute atomic E-state index is 0.262. The van der Waals surface area contributed by atoms with Crippen molar-refractivity contribution < 1.29 is 19.0 Å². The number of hydrogen-bond donors (Lipinski definition) is 2. The van der Waals surface area contributed by atoms with Gasteiger partial charge in [-0.25, -0.2) is 4.68 Å². The van der Waals surface area contributed by atoms with Crippen molar-refractivity contribution in [2.75, 3.05) is 36.7 Å². The van der Waals surface area contributed by atoms with Crippen LogP contribution in [0.4, 0.5) is 11.6 Å². The number of carbonyl (C=O) groups excluding carboxylic acids is 1. The molecule has 0 saturated carbocycles. The molecule has 0 aliphatic carbocycles. The van der Waals surface area contributed by atoms with Gasteiger partial charge in [-0.05, 0) is 62.4 Å². The molecule has 10 heteroatoms. The van der Waals surface area contributed by atoms with Crippen LogP contribution in [0.3, 0.4) is 0 Å². The van der Waals surface area contributed by atoms with E-state index in [1.807, 2.05) is 56.3 Å². The van der Waals surface area contributed by atoms with Crippen LogP contribution in [0.1, 0.15) is 59.1 Å². The molecule has 1 unspecified atom stereocenters. The van der Waals surface area contributed by atoms with E-state index in [4.69, 9.17) is 24.3 Å². The number of methoxy groups -OCH3 is 1. The van der Waals surface area contributed by atoms with Gasteiger partial charge in [0.25, 0.3) is 5.91 Å². The molecule has 1 aliphatic rings. The molecule has 2 heterocycles. The third-order valence-electron chi connectivity index (χ3n) is 6.40. The summed E-state index contributed by atoms with van der Waals surface area (Å²) in [6.45, 7) is 11.3. The van der Waals surface area contributed by atoms with Crippen LogP contribution in [-0.4, -0.2) is 46.7 Å². The molecule has 3 aromatic rings. The molecule has 2 aromatic carbocycles. The molecule has 2 N–H and O–H groups in total. The van der Waals surface area contributed by atoms with Gasteiger partial charge >= 0.3 is 0 Å². The molecule has 40 heavy (non-hydrogen) atoms. The number of rotatable bonds is 13. The van der Waals surface area contributed by atoms with Crippen molar-refractivity contribution in [2.45, 2.75) is 58.7 Å². The summed E-state index contributed by atoms with van der Waals surface area (Å²) < 4.78 is 19.3. The van der Waals surface area contributed by atoms with Crippen LogP contribution in [0.5, 0.6) is 17.2 Å². The van der Waals surface area contributed by atoms with Crippen molar-refractivity contribution in [3.05, 3.63) is 59.3 Å². The lowest BCUT2D eigenvalue weighted by molar-refractivity contribution is -0.113. The summed E-state index contributed by atoms with van der Waals surface area (Å²) in [4.78, 5) is 18.7. The molecule has 1 aromatic heterocycles. The lowest BCUT2D eigenvalue weighted by Crippen LogP contribution is -2.31. The van der Waals surface area contributed by atoms with Crippen molar-refractivity contribution in [1.29, 1.82) is 0 Å². The summed E-state index contributed by atoms with van der Waals surface area (Å²) in [5.74, 6) is 3.63. The van der Waals surface area contributed by atoms with Gasteiger partial charge in [-0.15, -0.1) is 5.10 Å². The number of thioether (sulfide) groups is 1. The van der Waals surface area contributed by atoms with Crippen LogP contribution in [0, 0.1) is 5.92 Å². The first-order valence-corrected chi connectivity index (χ1v) is 14.8. The summed E-state index contributed by atoms with van der Waals surface area (Å²) in [5.41, 5.74) is 2.64. The van der Waals surface area contributed by atoms with E-state index in [0.717, 1.165) is 24.2 Å². The van der Waals surface area contributed by atoms with Crippen LogP contribution in [0.2, 0.25) is 0 Å². The monoisotopic (exact) mass is 565 g/mol. The molecule has 0 bridgehead atoms. The molecular formula is C30H39N5O4S. The highest BCUT2D eigenvalue weighted by atomic mass is 32.2. The number of nitrogens with zero attached hydrogens (tertiary/aromatic N) is 3. The molecule has 0 saturated heterocycles. The van der Waals surface area contributed by atoms with E-state index < -0.39 is 6.04 Å². The number of benzene rings is 2. The Morgan fingerprint density at radius 2 is 1.93 bits per heavy atom. The number of hydrogen-bond acceptors (Lipinski definition) is 8. The maximum Gasteiger partial charge on any atom is 0.255 e. The van der Waals surface area contributed by atoms with E-state index in [1.165, 1.54) is 0 Å². The first-order chi connectivity index (χ1) is 19.4. The summed E-state index contributed by atoms with van der Waals surface area (Å²) >= 11 is 1.59. The Labute approximate surface area is 240 Å². The maximum absolute atomic E-state index is 13.9. The Kier molecular flexibility index (Phi) is 9.98. The quantitative estimate of drug-likeness (QED) is 0.225. The number of nitrogens with one attached hydrogen (secondary N) is 2. The summed E-state index contributed by atoms with van der Waals surface area (Å²) in [5, 5.41) is 11.8. The topological polar surface area (TPSA) is 99.5 Å². The predicted octanol–water partition coefficient (Wildman–Crippen LogP) is 6.54. The zero-order chi connectivity index (χ0) is 28.6. The summed E-state index contributed by atoms with van der Waals surface area (Å²) in [7, 11) is 1.62. The van der Waals surface area contributed by atoms with Crippen LogP contribution in [0.15, 0.2) is 58.9 Å². The fourth-order valence-electron chi connectivity index (χ4n) is 4.41. The molecule has 1 aliphatic heterocycles. The van der Waals surface area contributed by atoms with Gasteiger partial charge in [-0.2, -0.15) is 4.98 Å². The second-order valence-corrected chi connectivity index (χ2v) is 11.0. The molecule has 0 spiro atoms. The largest absolute Gasteiger partial charge is 0.493 e. The number of anilines is 2. The van der Waals surface area contributed by atoms with E-state index in [-0.39, 0.29) is 5.91 Å². The van der Waals surface area contributed by atoms with Crippen LogP contribution in [-0.2, 0) is 4.79 Å². The smallest absolute Gasteiger partial charge is 0.255 e. The Morgan fingerprint density at radius 1 is 1.12 bits per heavy atom. The normalized spacial score (nSPS) is 14.5. The van der Waals surface area contributed by atoms with Crippen molar-refractivity contribution in [2.24, 2.45) is 5.92 Å². The number of allylic oxidation sites excluding steroid dienone is 1. The van der Waals surface area contributed by atoms with Crippen LogP contribution >= 0.6 is 11.8 Å². The van der Waals surface area contributed by atoms with Crippen molar-refractivity contribution >= 4 is 29.3 Å². The molecular weight excluding hydrogens is 526 g/mol. The van der Waals surface area contributed by atoms with E-state index in [0.29, 0.717) is 64.4 Å². The third kappa shape index (κ3) is 6.72. The molecule has 0 radical (unpaired) electrons. The summed E-state index contributed by atoms with van der Waals surface area (Å²) in [6, 6.07) is 12.6. The molecule has 4 rings (SSSR count). The van der Waals surface area contributed by atoms with Crippen LogP contribution < -0.4 is 24.8 Å². The molecule has 0 fully saturated rings. The van der Waals surface area contributed by atoms with E-state index in [2.05, 4.69) is 31.4 Å². The maximum atomic E-state index is 13.9. The number of fused-ring (bicyclic) bond motifs is 1. The Balaban J connectivity index is 1.74. The highest BCUT2D eigenvalue weighted by Gasteiger charge is 2.35. The van der Waals surface area contributed by atoms with E-state index in [1.54, 1.807) is 23.6 Å². The lowest BCUT2D eigenvalue weighted by Gasteiger charge is -2.29. The molecule has 1 atom stereocenters. The van der Waals surface area contributed by atoms with Crippen molar-refractivity contribution in [3.63, 3.8) is 0 Å². The number of carbonyl (C=O) groups is 1. The fourth-order valence-corrected chi connectivity index (χ4v) is 5.09. The Bertz CT molecular complexity index is 1350. The number of aromatic nitrogens is 3. The second-order valence-electron chi connectivity index (χ2n) is 9.90. The lowest BCUT2D eigenvalue weighted by atomic mass is 9.94. The number of amides is 1. The number of para-hydroxylation sites is 2. The van der Waals surface area contributed by atoms with E-state index in [9.17, 15) is 4.79 Å². The zero-order valence-corrected chi connectivity index (χ0v) is 24.9. The molecule has 1 amide bonds. The van der Waals surface area contributed by atoms with Gasteiger partial charge in [0.1, 0.15) is 11.8 Å². The molecule has 214 valence electrons. The first kappa shape index (κ1) is 29.3. The van der Waals surface area contributed by atoms with Gasteiger partial charge < -0.3 is 24.8 Å². The fraction of sp³-hybridized carbons (Fsp3) is 0.433. The van der Waals surface area contributed by atoms with Gasteiger partial charge in [0, 0.05) is 11.4 Å². The zero-order valence-electron chi connectivity index (χ0n) is 24.1. The van der Waals surface area contributed by atoms with Crippen molar-refractivity contribution in [3.8, 4) is 17.2 Å².